The van der Waals surface area contributed by atoms with Gasteiger partial charge in [0.2, 0.25) is 0 Å². The van der Waals surface area contributed by atoms with Gasteiger partial charge in [0, 0.05) is 24.0 Å². The van der Waals surface area contributed by atoms with E-state index in [1.54, 1.807) is 18.2 Å². The number of nitro groups is 1. The van der Waals surface area contributed by atoms with Crippen molar-refractivity contribution in [1.29, 1.82) is 5.26 Å². The molecule has 1 fully saturated rings. The van der Waals surface area contributed by atoms with Crippen LogP contribution in [0.25, 0.3) is 21.9 Å². The van der Waals surface area contributed by atoms with Crippen molar-refractivity contribution in [2.45, 2.75) is 39.0 Å². The van der Waals surface area contributed by atoms with Crippen molar-refractivity contribution in [3.8, 4) is 6.07 Å². The Kier molecular flexibility index (Phi) is 5.46. The molecule has 1 N–H and O–H groups in total. The van der Waals surface area contributed by atoms with Gasteiger partial charge in [-0.25, -0.2) is 4.98 Å². The predicted molar refractivity (Wildman–Crippen MR) is 129 cm³/mol. The predicted octanol–water partition coefficient (Wildman–Crippen LogP) is 4.68. The third kappa shape index (κ3) is 3.91. The number of fused-ring (bicyclic) bond motifs is 3. The summed E-state index contributed by atoms with van der Waals surface area (Å²) in [5.74, 6) is 0.769. The van der Waals surface area contributed by atoms with Gasteiger partial charge in [0.05, 0.1) is 15.9 Å². The number of H-pyrrole nitrogens is 1. The second-order valence-electron chi connectivity index (χ2n) is 8.82. The molecule has 0 amide bonds. The summed E-state index contributed by atoms with van der Waals surface area (Å²) in [5, 5.41) is 22.1. The Morgan fingerprint density at radius 2 is 2.18 bits per heavy atom. The number of nitrogens with zero attached hydrogens (tertiary/aromatic N) is 4. The van der Waals surface area contributed by atoms with Gasteiger partial charge in [0.1, 0.15) is 16.6 Å². The normalized spacial score (nSPS) is 18.4. The number of aromatic nitrogens is 2. The zero-order chi connectivity index (χ0) is 23.1. The summed E-state index contributed by atoms with van der Waals surface area (Å²) < 4.78 is 0. The molecule has 1 saturated heterocycles. The van der Waals surface area contributed by atoms with Gasteiger partial charge in [0.15, 0.2) is 5.82 Å². The summed E-state index contributed by atoms with van der Waals surface area (Å²) in [5.41, 5.74) is 2.14. The zero-order valence-corrected chi connectivity index (χ0v) is 19.1. The van der Waals surface area contributed by atoms with E-state index in [-0.39, 0.29) is 27.6 Å². The third-order valence-corrected chi connectivity index (χ3v) is 7.64. The molecule has 0 radical (unpaired) electrons. The van der Waals surface area contributed by atoms with Crippen LogP contribution in [0, 0.1) is 27.4 Å². The molecule has 9 heteroatoms. The summed E-state index contributed by atoms with van der Waals surface area (Å²) in [6.07, 6.45) is 6.44. The van der Waals surface area contributed by atoms with Crippen molar-refractivity contribution < 1.29 is 4.92 Å². The van der Waals surface area contributed by atoms with E-state index in [4.69, 9.17) is 0 Å². The van der Waals surface area contributed by atoms with Gasteiger partial charge >= 0.3 is 0 Å². The van der Waals surface area contributed by atoms with Crippen molar-refractivity contribution in [3.63, 3.8) is 0 Å². The molecule has 3 aromatic rings. The molecule has 0 spiro atoms. The van der Waals surface area contributed by atoms with Gasteiger partial charge in [-0.2, -0.15) is 5.26 Å². The van der Waals surface area contributed by atoms with E-state index in [9.17, 15) is 20.2 Å². The van der Waals surface area contributed by atoms with E-state index in [1.165, 1.54) is 22.3 Å². The molecular formula is C24H23N5O3S. The number of nitro benzene ring substituents is 1. The number of rotatable bonds is 4. The lowest BCUT2D eigenvalue weighted by Crippen LogP contribution is -2.18. The lowest BCUT2D eigenvalue weighted by atomic mass is 9.89. The number of hydrogen-bond donors (Lipinski definition) is 1. The number of aromatic amines is 1. The van der Waals surface area contributed by atoms with Gasteiger partial charge in [-0.1, -0.05) is 13.0 Å². The molecule has 1 aliphatic carbocycles. The first-order valence-corrected chi connectivity index (χ1v) is 12.0. The molecule has 168 valence electrons. The smallest absolute Gasteiger partial charge is 0.293 e. The topological polar surface area (TPSA) is 116 Å². The maximum absolute atomic E-state index is 12.9. The highest BCUT2D eigenvalue weighted by Gasteiger charge is 2.24. The second-order valence-corrected chi connectivity index (χ2v) is 9.90. The Hall–Kier alpha value is -3.51. The Labute approximate surface area is 194 Å². The molecule has 0 saturated carbocycles. The number of hydrogen-bond acceptors (Lipinski definition) is 7. The minimum Gasteiger partial charge on any atom is -0.366 e. The van der Waals surface area contributed by atoms with Crippen LogP contribution in [0.15, 0.2) is 23.0 Å². The lowest BCUT2D eigenvalue weighted by molar-refractivity contribution is -0.384. The van der Waals surface area contributed by atoms with Crippen LogP contribution in [-0.4, -0.2) is 28.0 Å². The van der Waals surface area contributed by atoms with Crippen LogP contribution in [0.4, 0.5) is 11.4 Å². The molecule has 5 rings (SSSR count). The first kappa shape index (κ1) is 21.3. The second kappa shape index (κ2) is 8.45. The largest absolute Gasteiger partial charge is 0.366 e. The SMILES string of the molecule is CC1CCc2c(sc3nc(/C(C#N)=C/c4ccc(N5CCCC5)c([N+](=O)[O-])c4)[nH]c(=O)c23)C1. The van der Waals surface area contributed by atoms with E-state index in [1.807, 2.05) is 4.90 Å². The summed E-state index contributed by atoms with van der Waals surface area (Å²) in [4.78, 5) is 35.4. The zero-order valence-electron chi connectivity index (χ0n) is 18.3. The monoisotopic (exact) mass is 461 g/mol. The summed E-state index contributed by atoms with van der Waals surface area (Å²) in [7, 11) is 0. The molecule has 8 nitrogen and oxygen atoms in total. The van der Waals surface area contributed by atoms with Gasteiger partial charge < -0.3 is 9.88 Å². The van der Waals surface area contributed by atoms with Crippen LogP contribution >= 0.6 is 11.3 Å². The van der Waals surface area contributed by atoms with E-state index >= 15 is 0 Å². The van der Waals surface area contributed by atoms with E-state index in [0.29, 0.717) is 27.4 Å². The van der Waals surface area contributed by atoms with Crippen molar-refractivity contribution in [2.75, 3.05) is 18.0 Å². The molecule has 2 aromatic heterocycles. The number of anilines is 1. The Morgan fingerprint density at radius 1 is 1.39 bits per heavy atom. The first-order chi connectivity index (χ1) is 15.9. The minimum atomic E-state index is -0.389. The quantitative estimate of drug-likeness (QED) is 0.342. The van der Waals surface area contributed by atoms with Crippen LogP contribution in [0.5, 0.6) is 0 Å². The van der Waals surface area contributed by atoms with Crippen molar-refractivity contribution in [3.05, 3.63) is 60.5 Å². The molecular weight excluding hydrogens is 438 g/mol. The summed E-state index contributed by atoms with van der Waals surface area (Å²) in [6.45, 7) is 3.81. The van der Waals surface area contributed by atoms with Crippen molar-refractivity contribution in [2.24, 2.45) is 5.92 Å². The molecule has 1 atom stereocenters. The number of nitrogens with one attached hydrogen (secondary N) is 1. The number of nitriles is 1. The molecule has 2 aliphatic rings. The Balaban J connectivity index is 1.55. The highest BCUT2D eigenvalue weighted by atomic mass is 32.1. The Morgan fingerprint density at radius 3 is 2.91 bits per heavy atom. The fourth-order valence-corrected chi connectivity index (χ4v) is 6.18. The van der Waals surface area contributed by atoms with Crippen LogP contribution in [0.1, 0.15) is 48.0 Å². The number of thiophene rings is 1. The highest BCUT2D eigenvalue weighted by Crippen LogP contribution is 2.36. The van der Waals surface area contributed by atoms with Gasteiger partial charge in [-0.05, 0) is 61.3 Å². The van der Waals surface area contributed by atoms with Crippen LogP contribution in [0.3, 0.4) is 0 Å². The highest BCUT2D eigenvalue weighted by molar-refractivity contribution is 7.18. The van der Waals surface area contributed by atoms with Gasteiger partial charge in [0.25, 0.3) is 11.2 Å². The fourth-order valence-electron chi connectivity index (χ4n) is 4.80. The average Bonchev–Trinajstić information content (AvgIpc) is 3.44. The summed E-state index contributed by atoms with van der Waals surface area (Å²) >= 11 is 1.53. The van der Waals surface area contributed by atoms with Gasteiger partial charge in [-0.3, -0.25) is 14.9 Å². The summed E-state index contributed by atoms with van der Waals surface area (Å²) in [6, 6.07) is 7.08. The minimum absolute atomic E-state index is 0.0138. The van der Waals surface area contributed by atoms with Gasteiger partial charge in [-0.15, -0.1) is 11.3 Å². The maximum atomic E-state index is 12.9. The van der Waals surface area contributed by atoms with Crippen LogP contribution in [0.2, 0.25) is 0 Å². The maximum Gasteiger partial charge on any atom is 0.293 e. The Bertz CT molecular complexity index is 1390. The third-order valence-electron chi connectivity index (χ3n) is 6.49. The van der Waals surface area contributed by atoms with Crippen LogP contribution < -0.4 is 10.5 Å². The molecule has 1 aliphatic heterocycles. The standard InChI is InChI=1S/C24H23N5O3S/c1-14-4-6-17-20(10-14)33-24-21(17)23(30)26-22(27-24)16(13-25)11-15-5-7-18(19(12-15)29(31)32)28-8-2-3-9-28/h5,7,11-12,14H,2-4,6,8-10H2,1H3,(H,26,27,30)/b16-11+. The first-order valence-electron chi connectivity index (χ1n) is 11.1. The number of benzene rings is 1. The van der Waals surface area contributed by atoms with Crippen molar-refractivity contribution in [1.82, 2.24) is 9.97 Å². The number of allylic oxidation sites excluding steroid dienone is 1. The van der Waals surface area contributed by atoms with Crippen LogP contribution in [-0.2, 0) is 12.8 Å². The molecule has 33 heavy (non-hydrogen) atoms. The van der Waals surface area contributed by atoms with Crippen molar-refractivity contribution >= 4 is 44.6 Å². The lowest BCUT2D eigenvalue weighted by Gasteiger charge is -2.17. The molecule has 1 unspecified atom stereocenters. The average molecular weight is 462 g/mol. The van der Waals surface area contributed by atoms with E-state index in [0.717, 1.165) is 50.8 Å². The van der Waals surface area contributed by atoms with E-state index in [2.05, 4.69) is 23.0 Å². The fraction of sp³-hybridized carbons (Fsp3) is 0.375. The van der Waals surface area contributed by atoms with E-state index < -0.39 is 0 Å². The molecule has 3 heterocycles. The number of aryl methyl sites for hydroxylation is 1. The molecule has 1 aromatic carbocycles. The molecule has 0 bridgehead atoms.